The zero-order valence-electron chi connectivity index (χ0n) is 25.1. The average Bonchev–Trinajstić information content (AvgIpc) is 3.14. The average molecular weight is 585 g/mol. The summed E-state index contributed by atoms with van der Waals surface area (Å²) in [6, 6.07) is 58.3. The zero-order chi connectivity index (χ0) is 30.5. The van der Waals surface area contributed by atoms with E-state index in [1.165, 1.54) is 48.7 Å². The van der Waals surface area contributed by atoms with Crippen molar-refractivity contribution < 1.29 is 0 Å². The number of aromatic nitrogens is 2. The molecule has 0 aliphatic carbocycles. The molecule has 9 aromatic rings. The molecule has 2 heterocycles. The maximum atomic E-state index is 5.34. The first-order valence-corrected chi connectivity index (χ1v) is 15.7. The number of hydrogen-bond acceptors (Lipinski definition) is 2. The fourth-order valence-corrected chi connectivity index (χ4v) is 6.86. The van der Waals surface area contributed by atoms with E-state index in [0.717, 1.165) is 39.3 Å². The maximum Gasteiger partial charge on any atom is 0.0899 e. The fraction of sp³-hybridized carbons (Fsp3) is 0. The van der Waals surface area contributed by atoms with Gasteiger partial charge in [-0.15, -0.1) is 0 Å². The van der Waals surface area contributed by atoms with Crippen LogP contribution >= 0.6 is 0 Å². The molecule has 0 N–H and O–H groups in total. The Hall–Kier alpha value is -6.12. The Balaban J connectivity index is 1.32. The Morgan fingerprint density at radius 3 is 1.46 bits per heavy atom. The van der Waals surface area contributed by atoms with Gasteiger partial charge < -0.3 is 0 Å². The molecule has 0 aliphatic heterocycles. The van der Waals surface area contributed by atoms with Crippen LogP contribution in [0.15, 0.2) is 170 Å². The van der Waals surface area contributed by atoms with Crippen molar-refractivity contribution in [1.29, 1.82) is 0 Å². The van der Waals surface area contributed by atoms with Crippen LogP contribution in [0.5, 0.6) is 0 Å². The van der Waals surface area contributed by atoms with Crippen molar-refractivity contribution in [1.82, 2.24) is 9.97 Å². The van der Waals surface area contributed by atoms with E-state index in [1.54, 1.807) is 0 Å². The van der Waals surface area contributed by atoms with Gasteiger partial charge in [-0.05, 0) is 90.1 Å². The number of fused-ring (bicyclic) bond motifs is 6. The summed E-state index contributed by atoms with van der Waals surface area (Å²) in [7, 11) is 0. The Morgan fingerprint density at radius 2 is 0.826 bits per heavy atom. The molecule has 214 valence electrons. The number of nitrogens with zero attached hydrogens (tertiary/aromatic N) is 2. The van der Waals surface area contributed by atoms with Gasteiger partial charge in [0, 0.05) is 17.3 Å². The Morgan fingerprint density at radius 1 is 0.304 bits per heavy atom. The van der Waals surface area contributed by atoms with Crippen LogP contribution in [-0.2, 0) is 0 Å². The second-order valence-corrected chi connectivity index (χ2v) is 11.8. The highest BCUT2D eigenvalue weighted by Gasteiger charge is 2.16. The van der Waals surface area contributed by atoms with Gasteiger partial charge in [0.25, 0.3) is 0 Å². The Labute approximate surface area is 267 Å². The molecule has 0 fully saturated rings. The predicted molar refractivity (Wildman–Crippen MR) is 194 cm³/mol. The highest BCUT2D eigenvalue weighted by molar-refractivity contribution is 6.15. The maximum absolute atomic E-state index is 5.34. The third kappa shape index (κ3) is 4.43. The molecule has 2 heteroatoms. The van der Waals surface area contributed by atoms with Crippen LogP contribution in [0.4, 0.5) is 0 Å². The molecular formula is C44H28N2. The molecule has 9 rings (SSSR count). The molecule has 0 bridgehead atoms. The number of rotatable bonds is 4. The van der Waals surface area contributed by atoms with Gasteiger partial charge in [0.1, 0.15) is 0 Å². The largest absolute Gasteiger partial charge is 0.254 e. The van der Waals surface area contributed by atoms with Crippen molar-refractivity contribution in [3.05, 3.63) is 170 Å². The third-order valence-electron chi connectivity index (χ3n) is 9.08. The number of hydrogen-bond donors (Lipinski definition) is 0. The minimum absolute atomic E-state index is 0.845. The van der Waals surface area contributed by atoms with Crippen LogP contribution in [0, 0.1) is 0 Å². The van der Waals surface area contributed by atoms with Gasteiger partial charge >= 0.3 is 0 Å². The molecule has 0 spiro atoms. The molecular weight excluding hydrogens is 556 g/mol. The third-order valence-corrected chi connectivity index (χ3v) is 9.08. The van der Waals surface area contributed by atoms with Crippen LogP contribution in [0.1, 0.15) is 0 Å². The molecule has 2 nitrogen and oxygen atoms in total. The van der Waals surface area contributed by atoms with Gasteiger partial charge in [0.15, 0.2) is 0 Å². The summed E-state index contributed by atoms with van der Waals surface area (Å²) in [6.45, 7) is 0. The Kier molecular flexibility index (Phi) is 6.17. The summed E-state index contributed by atoms with van der Waals surface area (Å²) < 4.78 is 0. The summed E-state index contributed by atoms with van der Waals surface area (Å²) in [5.41, 5.74) is 8.28. The van der Waals surface area contributed by atoms with Gasteiger partial charge in [-0.25, -0.2) is 4.98 Å². The lowest BCUT2D eigenvalue weighted by atomic mass is 9.91. The number of pyridine rings is 2. The minimum Gasteiger partial charge on any atom is -0.254 e. The molecule has 0 atom stereocenters. The van der Waals surface area contributed by atoms with Crippen LogP contribution in [-0.4, -0.2) is 9.97 Å². The minimum atomic E-state index is 0.845. The standard InChI is InChI=1S/C44H28N2/c1-2-12-29(13-3-1)32-22-23-42(45-28-32)44-27-33(40-24-30-14-4-6-16-34(30)36-18-8-10-20-38(36)40)26-43(46-44)41-25-31-15-5-7-17-35(31)37-19-9-11-21-39(37)41/h1-28H. The van der Waals surface area contributed by atoms with Crippen LogP contribution in [0.25, 0.3) is 88.0 Å². The van der Waals surface area contributed by atoms with Crippen molar-refractivity contribution in [3.63, 3.8) is 0 Å². The highest BCUT2D eigenvalue weighted by Crippen LogP contribution is 2.40. The highest BCUT2D eigenvalue weighted by atomic mass is 14.8. The van der Waals surface area contributed by atoms with Gasteiger partial charge in [-0.1, -0.05) is 133 Å². The molecule has 46 heavy (non-hydrogen) atoms. The lowest BCUT2D eigenvalue weighted by Crippen LogP contribution is -1.95. The Bertz CT molecular complexity index is 2430. The monoisotopic (exact) mass is 584 g/mol. The topological polar surface area (TPSA) is 25.8 Å². The normalized spacial score (nSPS) is 11.5. The van der Waals surface area contributed by atoms with E-state index >= 15 is 0 Å². The first kappa shape index (κ1) is 26.3. The van der Waals surface area contributed by atoms with Gasteiger partial charge in [0.2, 0.25) is 0 Å². The second kappa shape index (κ2) is 10.8. The summed E-state index contributed by atoms with van der Waals surface area (Å²) in [4.78, 5) is 10.3. The van der Waals surface area contributed by atoms with E-state index in [0.29, 0.717) is 0 Å². The fourth-order valence-electron chi connectivity index (χ4n) is 6.86. The predicted octanol–water partition coefficient (Wildman–Crippen LogP) is 11.8. The van der Waals surface area contributed by atoms with Crippen molar-refractivity contribution in [2.24, 2.45) is 0 Å². The molecule has 7 aromatic carbocycles. The van der Waals surface area contributed by atoms with Gasteiger partial charge in [0.05, 0.1) is 17.1 Å². The summed E-state index contributed by atoms with van der Waals surface area (Å²) in [6.07, 6.45) is 1.95. The van der Waals surface area contributed by atoms with Crippen molar-refractivity contribution in [2.75, 3.05) is 0 Å². The van der Waals surface area contributed by atoms with E-state index in [4.69, 9.17) is 9.97 Å². The lowest BCUT2D eigenvalue weighted by molar-refractivity contribution is 1.25. The van der Waals surface area contributed by atoms with E-state index in [1.807, 2.05) is 12.3 Å². The van der Waals surface area contributed by atoms with Crippen molar-refractivity contribution in [3.8, 4) is 44.9 Å². The van der Waals surface area contributed by atoms with Crippen LogP contribution < -0.4 is 0 Å². The van der Waals surface area contributed by atoms with E-state index in [-0.39, 0.29) is 0 Å². The summed E-state index contributed by atoms with van der Waals surface area (Å²) in [5, 5.41) is 9.81. The zero-order valence-corrected chi connectivity index (χ0v) is 25.1. The van der Waals surface area contributed by atoms with Crippen molar-refractivity contribution >= 4 is 43.1 Å². The first-order valence-electron chi connectivity index (χ1n) is 15.7. The van der Waals surface area contributed by atoms with Crippen molar-refractivity contribution in [2.45, 2.75) is 0 Å². The molecule has 0 radical (unpaired) electrons. The molecule has 0 saturated heterocycles. The lowest BCUT2D eigenvalue weighted by Gasteiger charge is -2.15. The molecule has 0 amide bonds. The van der Waals surface area contributed by atoms with E-state index in [9.17, 15) is 0 Å². The first-order chi connectivity index (χ1) is 22.8. The summed E-state index contributed by atoms with van der Waals surface area (Å²) in [5.74, 6) is 0. The second-order valence-electron chi connectivity index (χ2n) is 11.8. The smallest absolute Gasteiger partial charge is 0.0899 e. The molecule has 0 aliphatic rings. The van der Waals surface area contributed by atoms with Crippen LogP contribution in [0.3, 0.4) is 0 Å². The van der Waals surface area contributed by atoms with Crippen LogP contribution in [0.2, 0.25) is 0 Å². The van der Waals surface area contributed by atoms with E-state index in [2.05, 4.69) is 158 Å². The number of benzene rings is 7. The van der Waals surface area contributed by atoms with Gasteiger partial charge in [-0.2, -0.15) is 0 Å². The quantitative estimate of drug-likeness (QED) is 0.192. The molecule has 0 saturated carbocycles. The van der Waals surface area contributed by atoms with E-state index < -0.39 is 0 Å². The molecule has 0 unspecified atom stereocenters. The van der Waals surface area contributed by atoms with Gasteiger partial charge in [-0.3, -0.25) is 4.98 Å². The summed E-state index contributed by atoms with van der Waals surface area (Å²) >= 11 is 0. The molecule has 2 aromatic heterocycles. The SMILES string of the molecule is c1ccc(-c2ccc(-c3cc(-c4cc5ccccc5c5ccccc45)cc(-c4cc5ccccc5c5ccccc45)n3)nc2)cc1.